The highest BCUT2D eigenvalue weighted by molar-refractivity contribution is 7.85. The molecule has 1 rings (SSSR count). The highest BCUT2D eigenvalue weighted by Crippen LogP contribution is 2.39. The lowest BCUT2D eigenvalue weighted by Gasteiger charge is -2.43. The second-order valence-electron chi connectivity index (χ2n) is 6.70. The fourth-order valence-electron chi connectivity index (χ4n) is 2.91. The third-order valence-electron chi connectivity index (χ3n) is 4.37. The number of nitrogens with one attached hydrogen (secondary N) is 1. The van der Waals surface area contributed by atoms with Gasteiger partial charge in [-0.05, 0) is 18.6 Å². The lowest BCUT2D eigenvalue weighted by Crippen LogP contribution is -2.59. The van der Waals surface area contributed by atoms with Crippen LogP contribution in [0.25, 0.3) is 6.08 Å². The Hall–Kier alpha value is -3.23. The Morgan fingerprint density at radius 1 is 1.13 bits per heavy atom. The van der Waals surface area contributed by atoms with Crippen molar-refractivity contribution in [3.8, 4) is 0 Å². The lowest BCUT2D eigenvalue weighted by atomic mass is 9.69. The molecule has 0 fully saturated rings. The highest BCUT2D eigenvalue weighted by Gasteiger charge is 2.47. The molecule has 1 aromatic carbocycles. The van der Waals surface area contributed by atoms with Gasteiger partial charge in [0.25, 0.3) is 10.1 Å². The molecule has 2 atom stereocenters. The van der Waals surface area contributed by atoms with Gasteiger partial charge in [-0.1, -0.05) is 79.9 Å². The number of carboxylic acid groups (broad SMARTS) is 1. The molecule has 0 aliphatic carbocycles. The SMILES string of the molecule is C=CC=CC(C=CC(=O)O)(C=Cc1ccccc1)C(C)(CS(=O)(=O)O)NC(=O)C=C. The molecule has 0 radical (unpaired) electrons. The maximum atomic E-state index is 12.1. The van der Waals surface area contributed by atoms with Gasteiger partial charge in [-0.3, -0.25) is 9.35 Å². The van der Waals surface area contributed by atoms with Crippen molar-refractivity contribution < 1.29 is 27.7 Å². The number of carboxylic acids is 1. The van der Waals surface area contributed by atoms with Crippen molar-refractivity contribution in [2.24, 2.45) is 5.41 Å². The van der Waals surface area contributed by atoms with Gasteiger partial charge in [0, 0.05) is 11.5 Å². The van der Waals surface area contributed by atoms with E-state index in [2.05, 4.69) is 18.5 Å². The normalized spacial score (nSPS) is 16.2. The predicted octanol–water partition coefficient (Wildman–Crippen LogP) is 3.02. The summed E-state index contributed by atoms with van der Waals surface area (Å²) in [4.78, 5) is 23.4. The topological polar surface area (TPSA) is 121 Å². The summed E-state index contributed by atoms with van der Waals surface area (Å²) in [6.07, 6.45) is 10.6. The fourth-order valence-corrected chi connectivity index (χ4v) is 3.96. The summed E-state index contributed by atoms with van der Waals surface area (Å²) >= 11 is 0. The Balaban J connectivity index is 3.84. The molecule has 1 aromatic rings. The molecule has 0 saturated heterocycles. The number of allylic oxidation sites excluding steroid dienone is 2. The molecule has 30 heavy (non-hydrogen) atoms. The zero-order chi connectivity index (χ0) is 22.8. The molecular weight excluding hydrogens is 406 g/mol. The molecule has 0 bridgehead atoms. The number of carbonyl (C=O) groups excluding carboxylic acids is 1. The molecule has 0 saturated carbocycles. The molecule has 1 amide bonds. The molecule has 8 heteroatoms. The number of amides is 1. The standard InChI is InChI=1S/C22H25NO6S/c1-4-6-14-22(16-13-20(25)26,15-12-18-10-8-7-9-11-18)21(3,17-30(27,28)29)23-19(24)5-2/h4-16H,1-2,17H2,3H3,(H,23,24)(H,25,26)(H,27,28,29). The average molecular weight is 432 g/mol. The molecule has 3 N–H and O–H groups in total. The molecule has 160 valence electrons. The first-order chi connectivity index (χ1) is 14.0. The Morgan fingerprint density at radius 3 is 2.27 bits per heavy atom. The van der Waals surface area contributed by atoms with E-state index in [9.17, 15) is 27.7 Å². The zero-order valence-corrected chi connectivity index (χ0v) is 17.4. The van der Waals surface area contributed by atoms with Gasteiger partial charge >= 0.3 is 5.97 Å². The van der Waals surface area contributed by atoms with Crippen LogP contribution in [0.1, 0.15) is 12.5 Å². The minimum absolute atomic E-state index is 0.700. The van der Waals surface area contributed by atoms with Gasteiger partial charge < -0.3 is 10.4 Å². The molecule has 0 spiro atoms. The van der Waals surface area contributed by atoms with Gasteiger partial charge in [-0.25, -0.2) is 4.79 Å². The maximum Gasteiger partial charge on any atom is 0.328 e. The van der Waals surface area contributed by atoms with Gasteiger partial charge in [0.05, 0.1) is 11.3 Å². The number of hydrogen-bond donors (Lipinski definition) is 3. The van der Waals surface area contributed by atoms with E-state index in [1.807, 2.05) is 6.07 Å². The Labute approximate surface area is 176 Å². The first-order valence-corrected chi connectivity index (χ1v) is 10.4. The molecule has 0 aromatic heterocycles. The van der Waals surface area contributed by atoms with E-state index in [0.29, 0.717) is 0 Å². The maximum absolute atomic E-state index is 12.1. The van der Waals surface area contributed by atoms with E-state index in [0.717, 1.165) is 17.7 Å². The zero-order valence-electron chi connectivity index (χ0n) is 16.6. The number of benzene rings is 1. The summed E-state index contributed by atoms with van der Waals surface area (Å²) in [7, 11) is -4.59. The smallest absolute Gasteiger partial charge is 0.328 e. The van der Waals surface area contributed by atoms with Gasteiger partial charge in [0.15, 0.2) is 0 Å². The van der Waals surface area contributed by atoms with Crippen molar-refractivity contribution in [1.29, 1.82) is 0 Å². The molecule has 2 unspecified atom stereocenters. The molecule has 0 heterocycles. The van der Waals surface area contributed by atoms with Gasteiger partial charge in [-0.2, -0.15) is 8.42 Å². The summed E-state index contributed by atoms with van der Waals surface area (Å²) in [6.45, 7) is 8.34. The van der Waals surface area contributed by atoms with Crippen LogP contribution in [0.4, 0.5) is 0 Å². The largest absolute Gasteiger partial charge is 0.478 e. The quantitative estimate of drug-likeness (QED) is 0.281. The van der Waals surface area contributed by atoms with Crippen LogP contribution in [0, 0.1) is 5.41 Å². The van der Waals surface area contributed by atoms with Crippen molar-refractivity contribution in [1.82, 2.24) is 5.32 Å². The molecule has 0 aliphatic heterocycles. The minimum atomic E-state index is -4.59. The van der Waals surface area contributed by atoms with Crippen LogP contribution in [0.5, 0.6) is 0 Å². The number of carbonyl (C=O) groups is 2. The third-order valence-corrected chi connectivity index (χ3v) is 5.31. The van der Waals surface area contributed by atoms with Crippen LogP contribution in [-0.2, 0) is 19.7 Å². The van der Waals surface area contributed by atoms with Crippen LogP contribution in [0.2, 0.25) is 0 Å². The number of rotatable bonds is 11. The summed E-state index contributed by atoms with van der Waals surface area (Å²) < 4.78 is 33.2. The molecule has 7 nitrogen and oxygen atoms in total. The van der Waals surface area contributed by atoms with Crippen LogP contribution in [-0.4, -0.2) is 41.2 Å². The predicted molar refractivity (Wildman–Crippen MR) is 117 cm³/mol. The Morgan fingerprint density at radius 2 is 1.77 bits per heavy atom. The monoisotopic (exact) mass is 431 g/mol. The summed E-state index contributed by atoms with van der Waals surface area (Å²) in [6, 6.07) is 9.00. The van der Waals surface area contributed by atoms with E-state index >= 15 is 0 Å². The van der Waals surface area contributed by atoms with E-state index in [-0.39, 0.29) is 0 Å². The van der Waals surface area contributed by atoms with Crippen LogP contribution < -0.4 is 5.32 Å². The van der Waals surface area contributed by atoms with Crippen LogP contribution in [0.15, 0.2) is 86.0 Å². The van der Waals surface area contributed by atoms with Crippen molar-refractivity contribution in [2.75, 3.05) is 5.75 Å². The summed E-state index contributed by atoms with van der Waals surface area (Å²) in [5.74, 6) is -2.87. The van der Waals surface area contributed by atoms with Crippen molar-refractivity contribution in [3.05, 3.63) is 91.6 Å². The first kappa shape index (κ1) is 24.8. The highest BCUT2D eigenvalue weighted by atomic mass is 32.2. The average Bonchev–Trinajstić information content (AvgIpc) is 2.66. The molecule has 0 aliphatic rings. The van der Waals surface area contributed by atoms with Crippen LogP contribution >= 0.6 is 0 Å². The van der Waals surface area contributed by atoms with Crippen molar-refractivity contribution >= 4 is 28.1 Å². The minimum Gasteiger partial charge on any atom is -0.478 e. The van der Waals surface area contributed by atoms with Crippen molar-refractivity contribution in [3.63, 3.8) is 0 Å². The fraction of sp³-hybridized carbons (Fsp3) is 0.182. The Kier molecular flexibility index (Phi) is 8.70. The van der Waals surface area contributed by atoms with Crippen LogP contribution in [0.3, 0.4) is 0 Å². The number of aliphatic carboxylic acids is 1. The van der Waals surface area contributed by atoms with Gasteiger partial charge in [0.1, 0.15) is 0 Å². The first-order valence-electron chi connectivity index (χ1n) is 8.83. The van der Waals surface area contributed by atoms with E-state index in [4.69, 9.17) is 0 Å². The van der Waals surface area contributed by atoms with E-state index in [1.165, 1.54) is 31.2 Å². The van der Waals surface area contributed by atoms with E-state index in [1.54, 1.807) is 36.4 Å². The molecular formula is C22H25NO6S. The summed E-state index contributed by atoms with van der Waals surface area (Å²) in [5.41, 5.74) is -2.42. The third kappa shape index (κ3) is 7.31. The van der Waals surface area contributed by atoms with Gasteiger partial charge in [0.2, 0.25) is 5.91 Å². The second-order valence-corrected chi connectivity index (χ2v) is 8.15. The van der Waals surface area contributed by atoms with E-state index < -0.39 is 38.7 Å². The number of hydrogen-bond acceptors (Lipinski definition) is 4. The van der Waals surface area contributed by atoms with Crippen molar-refractivity contribution in [2.45, 2.75) is 12.5 Å². The second kappa shape index (κ2) is 10.5. The van der Waals surface area contributed by atoms with Gasteiger partial charge in [-0.15, -0.1) is 0 Å². The summed E-state index contributed by atoms with van der Waals surface area (Å²) in [5, 5.41) is 11.7. The lowest BCUT2D eigenvalue weighted by molar-refractivity contribution is -0.131. The Bertz CT molecular complexity index is 978.